The second kappa shape index (κ2) is 8.60. The van der Waals surface area contributed by atoms with Gasteiger partial charge in [-0.25, -0.2) is 8.42 Å². The Morgan fingerprint density at radius 1 is 1.00 bits per heavy atom. The third-order valence-electron chi connectivity index (χ3n) is 7.21. The van der Waals surface area contributed by atoms with E-state index < -0.39 is 21.2 Å². The van der Waals surface area contributed by atoms with E-state index in [4.69, 9.17) is 14.2 Å². The first-order valence-corrected chi connectivity index (χ1v) is 13.1. The first-order valence-electron chi connectivity index (χ1n) is 11.6. The molecule has 1 saturated carbocycles. The number of rotatable bonds is 5. The number of sulfone groups is 1. The van der Waals surface area contributed by atoms with E-state index in [1.807, 2.05) is 24.3 Å². The molecule has 3 aliphatic rings. The Morgan fingerprint density at radius 2 is 1.72 bits per heavy atom. The molecule has 1 aliphatic carbocycles. The average Bonchev–Trinajstić information content (AvgIpc) is 2.77. The van der Waals surface area contributed by atoms with Crippen molar-refractivity contribution in [2.24, 2.45) is 0 Å². The molecule has 7 heteroatoms. The summed E-state index contributed by atoms with van der Waals surface area (Å²) in [5.74, 6) is 1.54. The average molecular weight is 458 g/mol. The molecule has 2 atom stereocenters. The predicted octanol–water partition coefficient (Wildman–Crippen LogP) is 4.39. The van der Waals surface area contributed by atoms with Crippen LogP contribution in [0.4, 0.5) is 0 Å². The molecule has 2 aromatic rings. The van der Waals surface area contributed by atoms with Crippen LogP contribution in [0, 0.1) is 0 Å². The highest BCUT2D eigenvalue weighted by Gasteiger charge is 2.41. The van der Waals surface area contributed by atoms with E-state index in [2.05, 4.69) is 4.90 Å². The van der Waals surface area contributed by atoms with Gasteiger partial charge in [-0.05, 0) is 62.4 Å². The fourth-order valence-corrected chi connectivity index (χ4v) is 6.57. The van der Waals surface area contributed by atoms with Crippen LogP contribution in [0.5, 0.6) is 17.2 Å². The van der Waals surface area contributed by atoms with Crippen molar-refractivity contribution in [3.05, 3.63) is 48.0 Å². The number of piperidine rings is 1. The van der Waals surface area contributed by atoms with Gasteiger partial charge in [0.2, 0.25) is 0 Å². The van der Waals surface area contributed by atoms with Crippen LogP contribution in [0.25, 0.3) is 0 Å². The van der Waals surface area contributed by atoms with Crippen molar-refractivity contribution in [3.8, 4) is 17.2 Å². The predicted molar refractivity (Wildman–Crippen MR) is 122 cm³/mol. The highest BCUT2D eigenvalue weighted by Crippen LogP contribution is 2.45. The number of benzene rings is 2. The van der Waals surface area contributed by atoms with Gasteiger partial charge in [0.05, 0.1) is 7.11 Å². The molecule has 0 N–H and O–H groups in total. The number of ether oxygens (including phenoxy) is 3. The molecule has 2 heterocycles. The summed E-state index contributed by atoms with van der Waals surface area (Å²) in [5.41, 5.74) is 0.810. The number of hydrogen-bond acceptors (Lipinski definition) is 6. The van der Waals surface area contributed by atoms with Crippen molar-refractivity contribution in [3.63, 3.8) is 0 Å². The van der Waals surface area contributed by atoms with E-state index in [0.29, 0.717) is 5.75 Å². The third-order valence-corrected chi connectivity index (χ3v) is 9.37. The van der Waals surface area contributed by atoms with Crippen LogP contribution in [-0.4, -0.2) is 50.9 Å². The standard InChI is InChI=1S/C25H31NO5S/c1-17-24(31-25-22(29-2)7-4-8-23(25)32(17,27)28)18-9-11-20(12-10-18)30-21-13-15-26(16-14-21)19-5-3-6-19/h4,7-12,17,19,21,24H,3,5-6,13-16H2,1-2H3/t17?,24-/m1/s1. The van der Waals surface area contributed by atoms with E-state index in [1.165, 1.54) is 26.4 Å². The van der Waals surface area contributed by atoms with Crippen molar-refractivity contribution in [2.45, 2.75) is 67.4 Å². The van der Waals surface area contributed by atoms with Crippen LogP contribution in [0.15, 0.2) is 47.4 Å². The molecular weight excluding hydrogens is 426 g/mol. The second-order valence-electron chi connectivity index (χ2n) is 9.08. The molecule has 0 spiro atoms. The van der Waals surface area contributed by atoms with Crippen LogP contribution < -0.4 is 14.2 Å². The SMILES string of the molecule is COc1cccc2c1O[C@@H](c1ccc(OC3CCN(C4CCC4)CC3)cc1)C(C)S2(=O)=O. The van der Waals surface area contributed by atoms with Gasteiger partial charge < -0.3 is 19.1 Å². The Balaban J connectivity index is 1.28. The monoisotopic (exact) mass is 457 g/mol. The Morgan fingerprint density at radius 3 is 2.34 bits per heavy atom. The number of likely N-dealkylation sites (tertiary alicyclic amines) is 1. The largest absolute Gasteiger partial charge is 0.493 e. The van der Waals surface area contributed by atoms with Crippen LogP contribution in [0.1, 0.15) is 50.7 Å². The maximum absolute atomic E-state index is 13.1. The van der Waals surface area contributed by atoms with E-state index in [0.717, 1.165) is 43.3 Å². The summed E-state index contributed by atoms with van der Waals surface area (Å²) in [4.78, 5) is 2.80. The highest BCUT2D eigenvalue weighted by molar-refractivity contribution is 7.92. The smallest absolute Gasteiger partial charge is 0.188 e. The number of fused-ring (bicyclic) bond motifs is 1. The molecule has 2 fully saturated rings. The summed E-state index contributed by atoms with van der Waals surface area (Å²) in [7, 11) is -2.02. The lowest BCUT2D eigenvalue weighted by molar-refractivity contribution is 0.0493. The van der Waals surface area contributed by atoms with Gasteiger partial charge in [-0.1, -0.05) is 24.6 Å². The lowest BCUT2D eigenvalue weighted by Crippen LogP contribution is -2.46. The lowest BCUT2D eigenvalue weighted by atomic mass is 9.90. The Labute approximate surface area is 190 Å². The third kappa shape index (κ3) is 3.86. The molecular formula is C25H31NO5S. The van der Waals surface area contributed by atoms with Crippen LogP contribution >= 0.6 is 0 Å². The molecule has 0 aromatic heterocycles. The maximum atomic E-state index is 13.1. The zero-order chi connectivity index (χ0) is 22.3. The molecule has 5 rings (SSSR count). The number of nitrogens with zero attached hydrogens (tertiary/aromatic N) is 1. The number of hydrogen-bond donors (Lipinski definition) is 0. The first kappa shape index (κ1) is 21.6. The number of methoxy groups -OCH3 is 1. The van der Waals surface area contributed by atoms with Gasteiger partial charge in [-0.2, -0.15) is 0 Å². The van der Waals surface area contributed by atoms with E-state index in [-0.39, 0.29) is 16.7 Å². The Bertz CT molecular complexity index is 1060. The summed E-state index contributed by atoms with van der Waals surface area (Å²) in [6.07, 6.45) is 5.80. The van der Waals surface area contributed by atoms with E-state index in [1.54, 1.807) is 25.1 Å². The van der Waals surface area contributed by atoms with Crippen LogP contribution in [-0.2, 0) is 9.84 Å². The molecule has 6 nitrogen and oxygen atoms in total. The van der Waals surface area contributed by atoms with Gasteiger partial charge in [0, 0.05) is 19.1 Å². The summed E-state index contributed by atoms with van der Waals surface area (Å²) >= 11 is 0. The highest BCUT2D eigenvalue weighted by atomic mass is 32.2. The molecule has 32 heavy (non-hydrogen) atoms. The molecule has 1 unspecified atom stereocenters. The number of para-hydroxylation sites is 1. The van der Waals surface area contributed by atoms with Crippen molar-refractivity contribution >= 4 is 9.84 Å². The summed E-state index contributed by atoms with van der Waals surface area (Å²) in [6, 6.07) is 13.4. The van der Waals surface area contributed by atoms with E-state index in [9.17, 15) is 8.42 Å². The Kier molecular flexibility index (Phi) is 5.80. The minimum absolute atomic E-state index is 0.189. The van der Waals surface area contributed by atoms with Gasteiger partial charge in [0.1, 0.15) is 28.1 Å². The fourth-order valence-electron chi connectivity index (χ4n) is 4.96. The van der Waals surface area contributed by atoms with Crippen LogP contribution in [0.3, 0.4) is 0 Å². The quantitative estimate of drug-likeness (QED) is 0.664. The van der Waals surface area contributed by atoms with Gasteiger partial charge in [-0.3, -0.25) is 0 Å². The van der Waals surface area contributed by atoms with Gasteiger partial charge >= 0.3 is 0 Å². The fraction of sp³-hybridized carbons (Fsp3) is 0.520. The first-order chi connectivity index (χ1) is 15.5. The molecule has 0 amide bonds. The molecule has 0 radical (unpaired) electrons. The minimum Gasteiger partial charge on any atom is -0.493 e. The molecule has 172 valence electrons. The van der Waals surface area contributed by atoms with Gasteiger partial charge in [0.15, 0.2) is 21.3 Å². The minimum atomic E-state index is -3.53. The summed E-state index contributed by atoms with van der Waals surface area (Å²) in [6.45, 7) is 3.92. The maximum Gasteiger partial charge on any atom is 0.188 e. The normalized spacial score (nSPS) is 25.9. The zero-order valence-corrected chi connectivity index (χ0v) is 19.5. The van der Waals surface area contributed by atoms with Crippen molar-refractivity contribution in [1.29, 1.82) is 0 Å². The zero-order valence-electron chi connectivity index (χ0n) is 18.7. The van der Waals surface area contributed by atoms with Crippen molar-refractivity contribution in [1.82, 2.24) is 4.90 Å². The lowest BCUT2D eigenvalue weighted by Gasteiger charge is -2.41. The van der Waals surface area contributed by atoms with Gasteiger partial charge in [-0.15, -0.1) is 0 Å². The molecule has 2 aromatic carbocycles. The van der Waals surface area contributed by atoms with Gasteiger partial charge in [0.25, 0.3) is 0 Å². The van der Waals surface area contributed by atoms with Crippen molar-refractivity contribution < 1.29 is 22.6 Å². The summed E-state index contributed by atoms with van der Waals surface area (Å²) in [5, 5.41) is -0.704. The van der Waals surface area contributed by atoms with E-state index >= 15 is 0 Å². The molecule has 0 bridgehead atoms. The Hall–Kier alpha value is -2.25. The van der Waals surface area contributed by atoms with Crippen molar-refractivity contribution in [2.75, 3.05) is 20.2 Å². The molecule has 1 saturated heterocycles. The topological polar surface area (TPSA) is 65.1 Å². The molecule has 2 aliphatic heterocycles. The second-order valence-corrected chi connectivity index (χ2v) is 11.4. The van der Waals surface area contributed by atoms with Crippen LogP contribution in [0.2, 0.25) is 0 Å². The summed E-state index contributed by atoms with van der Waals surface area (Å²) < 4.78 is 44.0.